The van der Waals surface area contributed by atoms with Crippen LogP contribution in [0.5, 0.6) is 0 Å². The Bertz CT molecular complexity index is 871. The van der Waals surface area contributed by atoms with Gasteiger partial charge in [0.25, 0.3) is 5.91 Å². The molecule has 128 valence electrons. The number of carbonyl (C=O) groups is 2. The molecule has 0 fully saturated rings. The van der Waals surface area contributed by atoms with Crippen molar-refractivity contribution in [2.45, 2.75) is 6.42 Å². The maximum atomic E-state index is 12.3. The van der Waals surface area contributed by atoms with Crippen LogP contribution in [0.4, 0.5) is 0 Å². The highest BCUT2D eigenvalue weighted by Gasteiger charge is 2.12. The zero-order valence-corrected chi connectivity index (χ0v) is 14.4. The molecule has 0 saturated carbocycles. The third-order valence-electron chi connectivity index (χ3n) is 3.68. The molecular formula is C18H17N3O3S. The molecule has 0 radical (unpaired) electrons. The summed E-state index contributed by atoms with van der Waals surface area (Å²) in [4.78, 5) is 32.4. The number of methoxy groups -OCH3 is 1. The molecule has 0 aliphatic heterocycles. The summed E-state index contributed by atoms with van der Waals surface area (Å²) < 4.78 is 4.67. The number of hydrogen-bond acceptors (Lipinski definition) is 5. The van der Waals surface area contributed by atoms with E-state index in [4.69, 9.17) is 0 Å². The molecule has 25 heavy (non-hydrogen) atoms. The van der Waals surface area contributed by atoms with Gasteiger partial charge in [-0.3, -0.25) is 4.79 Å². The molecule has 6 nitrogen and oxygen atoms in total. The quantitative estimate of drug-likeness (QED) is 0.666. The van der Waals surface area contributed by atoms with E-state index in [-0.39, 0.29) is 5.91 Å². The second-order valence-electron chi connectivity index (χ2n) is 5.29. The lowest BCUT2D eigenvalue weighted by Crippen LogP contribution is -2.26. The topological polar surface area (TPSA) is 84.1 Å². The van der Waals surface area contributed by atoms with Crippen LogP contribution in [0.15, 0.2) is 48.1 Å². The first-order valence-electron chi connectivity index (χ1n) is 7.71. The van der Waals surface area contributed by atoms with Crippen LogP contribution in [-0.4, -0.2) is 35.5 Å². The van der Waals surface area contributed by atoms with Crippen LogP contribution < -0.4 is 5.32 Å². The fourth-order valence-corrected chi connectivity index (χ4v) is 3.19. The number of esters is 1. The number of thiophene rings is 1. The summed E-state index contributed by atoms with van der Waals surface area (Å²) in [5.74, 6) is -0.698. The summed E-state index contributed by atoms with van der Waals surface area (Å²) in [6.45, 7) is 0.460. The first-order chi connectivity index (χ1) is 12.2. The Balaban J connectivity index is 1.61. The van der Waals surface area contributed by atoms with Crippen molar-refractivity contribution in [3.63, 3.8) is 0 Å². The summed E-state index contributed by atoms with van der Waals surface area (Å²) in [5.41, 5.74) is 2.66. The summed E-state index contributed by atoms with van der Waals surface area (Å²) >= 11 is 1.62. The van der Waals surface area contributed by atoms with E-state index < -0.39 is 5.97 Å². The summed E-state index contributed by atoms with van der Waals surface area (Å²) in [7, 11) is 1.31. The lowest BCUT2D eigenvalue weighted by Gasteiger charge is -2.07. The van der Waals surface area contributed by atoms with E-state index in [9.17, 15) is 9.59 Å². The predicted octanol–water partition coefficient (Wildman–Crippen LogP) is 2.90. The predicted molar refractivity (Wildman–Crippen MR) is 95.7 cm³/mol. The number of ether oxygens (including phenoxy) is 1. The largest absolute Gasteiger partial charge is 0.465 e. The first-order valence-corrected chi connectivity index (χ1v) is 8.59. The van der Waals surface area contributed by atoms with Crippen LogP contribution in [0.1, 0.15) is 26.4 Å². The van der Waals surface area contributed by atoms with Crippen molar-refractivity contribution in [2.75, 3.05) is 13.7 Å². The average Bonchev–Trinajstić information content (AvgIpc) is 3.32. The van der Waals surface area contributed by atoms with E-state index in [1.807, 2.05) is 17.5 Å². The van der Waals surface area contributed by atoms with Gasteiger partial charge < -0.3 is 15.0 Å². The molecule has 0 unspecified atom stereocenters. The number of imidazole rings is 1. The molecule has 2 aromatic heterocycles. The minimum Gasteiger partial charge on any atom is -0.465 e. The van der Waals surface area contributed by atoms with E-state index in [2.05, 4.69) is 20.0 Å². The Hall–Kier alpha value is -2.93. The van der Waals surface area contributed by atoms with Crippen molar-refractivity contribution in [1.29, 1.82) is 0 Å². The zero-order chi connectivity index (χ0) is 17.6. The number of hydrogen-bond donors (Lipinski definition) is 2. The van der Waals surface area contributed by atoms with Crippen molar-refractivity contribution in [2.24, 2.45) is 0 Å². The summed E-state index contributed by atoms with van der Waals surface area (Å²) in [5, 5.41) is 4.86. The van der Waals surface area contributed by atoms with Gasteiger partial charge in [-0.1, -0.05) is 12.1 Å². The van der Waals surface area contributed by atoms with Crippen molar-refractivity contribution in [3.05, 3.63) is 64.9 Å². The zero-order valence-electron chi connectivity index (χ0n) is 13.6. The number of nitrogens with one attached hydrogen (secondary N) is 2. The van der Waals surface area contributed by atoms with E-state index in [0.29, 0.717) is 24.1 Å². The molecule has 0 aliphatic carbocycles. The van der Waals surface area contributed by atoms with Gasteiger partial charge in [-0.25, -0.2) is 9.78 Å². The number of nitrogens with zero attached hydrogens (tertiary/aromatic N) is 1. The van der Waals surface area contributed by atoms with Crippen molar-refractivity contribution in [3.8, 4) is 10.6 Å². The normalized spacial score (nSPS) is 10.4. The fraction of sp³-hybridized carbons (Fsp3) is 0.167. The van der Waals surface area contributed by atoms with Gasteiger partial charge >= 0.3 is 5.97 Å². The minimum atomic E-state index is -0.465. The molecule has 7 heteroatoms. The Kier molecular flexibility index (Phi) is 5.25. The maximum absolute atomic E-state index is 12.3. The van der Waals surface area contributed by atoms with Crippen LogP contribution in [-0.2, 0) is 11.2 Å². The van der Waals surface area contributed by atoms with E-state index in [1.165, 1.54) is 13.2 Å². The molecule has 0 spiro atoms. The number of amides is 1. The van der Waals surface area contributed by atoms with Gasteiger partial charge in [0.05, 0.1) is 23.9 Å². The second-order valence-corrected chi connectivity index (χ2v) is 6.23. The molecule has 1 amide bonds. The number of benzene rings is 1. The summed E-state index contributed by atoms with van der Waals surface area (Å²) in [6.07, 6.45) is 2.29. The highest BCUT2D eigenvalue weighted by Crippen LogP contribution is 2.25. The second kappa shape index (κ2) is 7.76. The Morgan fingerprint density at radius 2 is 2.08 bits per heavy atom. The molecule has 0 saturated heterocycles. The van der Waals surface area contributed by atoms with Crippen molar-refractivity contribution in [1.82, 2.24) is 15.3 Å². The van der Waals surface area contributed by atoms with Gasteiger partial charge in [0.15, 0.2) is 0 Å². The molecule has 0 atom stereocenters. The fourth-order valence-electron chi connectivity index (χ4n) is 2.45. The number of aromatic nitrogens is 2. The minimum absolute atomic E-state index is 0.233. The van der Waals surface area contributed by atoms with Gasteiger partial charge in [-0.2, -0.15) is 0 Å². The number of H-pyrrole nitrogens is 1. The van der Waals surface area contributed by atoms with Gasteiger partial charge in [0.1, 0.15) is 5.69 Å². The van der Waals surface area contributed by atoms with Gasteiger partial charge in [-0.15, -0.1) is 11.3 Å². The van der Waals surface area contributed by atoms with Crippen molar-refractivity contribution >= 4 is 23.2 Å². The SMILES string of the molecule is COC(=O)c1cccc(C(=O)NCCc2[nH]cnc2-c2cccs2)c1. The standard InChI is InChI=1S/C18H17N3O3S/c1-24-18(23)13-5-2-4-12(10-13)17(22)19-8-7-14-16(21-11-20-14)15-6-3-9-25-15/h2-6,9-11H,7-8H2,1H3,(H,19,22)(H,20,21). The molecular weight excluding hydrogens is 338 g/mol. The lowest BCUT2D eigenvalue weighted by atomic mass is 10.1. The Morgan fingerprint density at radius 3 is 2.84 bits per heavy atom. The van der Waals surface area contributed by atoms with Crippen LogP contribution in [0.3, 0.4) is 0 Å². The van der Waals surface area contributed by atoms with Gasteiger partial charge in [-0.05, 0) is 29.6 Å². The molecule has 1 aromatic carbocycles. The van der Waals surface area contributed by atoms with Gasteiger partial charge in [0.2, 0.25) is 0 Å². The third-order valence-corrected chi connectivity index (χ3v) is 4.56. The third kappa shape index (κ3) is 3.95. The Morgan fingerprint density at radius 1 is 1.24 bits per heavy atom. The lowest BCUT2D eigenvalue weighted by molar-refractivity contribution is 0.0600. The van der Waals surface area contributed by atoms with Crippen LogP contribution in [0.25, 0.3) is 10.6 Å². The molecule has 0 aliphatic rings. The molecule has 3 aromatic rings. The summed E-state index contributed by atoms with van der Waals surface area (Å²) in [6, 6.07) is 10.4. The average molecular weight is 355 g/mol. The molecule has 2 heterocycles. The van der Waals surface area contributed by atoms with Crippen LogP contribution in [0, 0.1) is 0 Å². The Labute approximate surface area is 148 Å². The van der Waals surface area contributed by atoms with E-state index >= 15 is 0 Å². The monoisotopic (exact) mass is 355 g/mol. The molecule has 0 bridgehead atoms. The number of rotatable bonds is 6. The highest BCUT2D eigenvalue weighted by molar-refractivity contribution is 7.13. The maximum Gasteiger partial charge on any atom is 0.337 e. The van der Waals surface area contributed by atoms with Crippen LogP contribution in [0.2, 0.25) is 0 Å². The smallest absolute Gasteiger partial charge is 0.337 e. The van der Waals surface area contributed by atoms with E-state index in [0.717, 1.165) is 16.3 Å². The molecule has 2 N–H and O–H groups in total. The molecule has 3 rings (SSSR count). The highest BCUT2D eigenvalue weighted by atomic mass is 32.1. The number of aromatic amines is 1. The van der Waals surface area contributed by atoms with Crippen molar-refractivity contribution < 1.29 is 14.3 Å². The first kappa shape index (κ1) is 16.9. The number of carbonyl (C=O) groups excluding carboxylic acids is 2. The van der Waals surface area contributed by atoms with E-state index in [1.54, 1.807) is 35.9 Å². The van der Waals surface area contributed by atoms with Crippen LogP contribution >= 0.6 is 11.3 Å². The van der Waals surface area contributed by atoms with Gasteiger partial charge in [0, 0.05) is 24.2 Å².